The van der Waals surface area contributed by atoms with Gasteiger partial charge in [0.15, 0.2) is 5.03 Å². The number of nitriles is 1. The molecule has 1 saturated carbocycles. The molecule has 0 aliphatic heterocycles. The van der Waals surface area contributed by atoms with Crippen molar-refractivity contribution in [2.24, 2.45) is 13.0 Å². The van der Waals surface area contributed by atoms with Crippen molar-refractivity contribution in [3.05, 3.63) is 12.3 Å². The van der Waals surface area contributed by atoms with E-state index >= 15 is 0 Å². The van der Waals surface area contributed by atoms with Crippen molar-refractivity contribution in [1.29, 1.82) is 5.26 Å². The summed E-state index contributed by atoms with van der Waals surface area (Å²) in [5, 5.41) is 12.9. The Bertz CT molecular complexity index is 543. The van der Waals surface area contributed by atoms with Crippen molar-refractivity contribution in [2.45, 2.75) is 30.3 Å². The highest BCUT2D eigenvalue weighted by molar-refractivity contribution is 7.89. The zero-order valence-electron chi connectivity index (χ0n) is 9.50. The number of aromatic nitrogens is 2. The molecule has 17 heavy (non-hydrogen) atoms. The standard InChI is InChI=1S/C10H14N4O2S/c1-14-10(5-6-12-14)17(15,16)13-9-4-2-3-8(9)7-11/h5-6,8-9,13H,2-4H2,1H3. The summed E-state index contributed by atoms with van der Waals surface area (Å²) < 4.78 is 28.0. The van der Waals surface area contributed by atoms with Crippen molar-refractivity contribution in [1.82, 2.24) is 14.5 Å². The summed E-state index contributed by atoms with van der Waals surface area (Å²) in [6.45, 7) is 0. The minimum atomic E-state index is -3.57. The number of aryl methyl sites for hydroxylation is 1. The Morgan fingerprint density at radius 1 is 1.59 bits per heavy atom. The number of nitrogens with zero attached hydrogens (tertiary/aromatic N) is 3. The first-order valence-electron chi connectivity index (χ1n) is 5.44. The zero-order chi connectivity index (χ0) is 12.5. The number of rotatable bonds is 3. The van der Waals surface area contributed by atoms with Crippen LogP contribution in [0.4, 0.5) is 0 Å². The Hall–Kier alpha value is -1.39. The van der Waals surface area contributed by atoms with E-state index in [-0.39, 0.29) is 17.0 Å². The van der Waals surface area contributed by atoms with Gasteiger partial charge in [-0.05, 0) is 18.9 Å². The van der Waals surface area contributed by atoms with Gasteiger partial charge in [-0.25, -0.2) is 13.1 Å². The predicted molar refractivity (Wildman–Crippen MR) is 60.3 cm³/mol. The van der Waals surface area contributed by atoms with Crippen LogP contribution < -0.4 is 4.72 Å². The van der Waals surface area contributed by atoms with E-state index in [9.17, 15) is 8.42 Å². The fourth-order valence-electron chi connectivity index (χ4n) is 2.14. The van der Waals surface area contributed by atoms with Crippen molar-refractivity contribution < 1.29 is 8.42 Å². The summed E-state index contributed by atoms with van der Waals surface area (Å²) in [6, 6.07) is 3.31. The van der Waals surface area contributed by atoms with Gasteiger partial charge in [-0.2, -0.15) is 10.4 Å². The van der Waals surface area contributed by atoms with E-state index in [1.165, 1.54) is 16.9 Å². The van der Waals surface area contributed by atoms with Crippen LogP contribution in [0, 0.1) is 17.2 Å². The molecule has 0 aromatic carbocycles. The van der Waals surface area contributed by atoms with Crippen LogP contribution >= 0.6 is 0 Å². The first-order valence-corrected chi connectivity index (χ1v) is 6.93. The number of hydrogen-bond acceptors (Lipinski definition) is 4. The smallest absolute Gasteiger partial charge is 0.256 e. The molecule has 6 nitrogen and oxygen atoms in total. The summed E-state index contributed by atoms with van der Waals surface area (Å²) in [6.07, 6.45) is 3.80. The Kier molecular flexibility index (Phi) is 3.17. The van der Waals surface area contributed by atoms with E-state index in [1.807, 2.05) is 0 Å². The fourth-order valence-corrected chi connectivity index (χ4v) is 3.58. The van der Waals surface area contributed by atoms with Crippen LogP contribution in [-0.4, -0.2) is 24.2 Å². The molecule has 2 unspecified atom stereocenters. The molecule has 0 saturated heterocycles. The van der Waals surface area contributed by atoms with E-state index in [0.717, 1.165) is 19.3 Å². The first-order chi connectivity index (χ1) is 8.04. The Morgan fingerprint density at radius 3 is 2.94 bits per heavy atom. The fraction of sp³-hybridized carbons (Fsp3) is 0.600. The summed E-state index contributed by atoms with van der Waals surface area (Å²) in [7, 11) is -2.00. The molecule has 1 aromatic rings. The topological polar surface area (TPSA) is 87.8 Å². The van der Waals surface area contributed by atoms with Gasteiger partial charge in [0.25, 0.3) is 10.0 Å². The minimum Gasteiger partial charge on any atom is -0.256 e. The summed E-state index contributed by atoms with van der Waals surface area (Å²) in [5.74, 6) is -0.224. The molecule has 1 aliphatic carbocycles. The van der Waals surface area contributed by atoms with E-state index < -0.39 is 10.0 Å². The molecule has 0 amide bonds. The summed E-state index contributed by atoms with van der Waals surface area (Å²) in [4.78, 5) is 0. The first kappa shape index (κ1) is 12.1. The third-order valence-electron chi connectivity index (χ3n) is 3.04. The third-order valence-corrected chi connectivity index (χ3v) is 4.60. The van der Waals surface area contributed by atoms with Crippen LogP contribution in [0.25, 0.3) is 0 Å². The lowest BCUT2D eigenvalue weighted by Gasteiger charge is -2.15. The molecule has 0 radical (unpaired) electrons. The van der Waals surface area contributed by atoms with Crippen molar-refractivity contribution >= 4 is 10.0 Å². The lowest BCUT2D eigenvalue weighted by molar-refractivity contribution is 0.507. The van der Waals surface area contributed by atoms with Crippen LogP contribution in [0.15, 0.2) is 17.3 Å². The molecule has 1 heterocycles. The molecule has 1 aliphatic rings. The van der Waals surface area contributed by atoms with E-state index in [1.54, 1.807) is 7.05 Å². The van der Waals surface area contributed by atoms with Gasteiger partial charge in [0.05, 0.1) is 18.2 Å². The van der Waals surface area contributed by atoms with Gasteiger partial charge in [-0.15, -0.1) is 0 Å². The molecule has 7 heteroatoms. The molecular weight excluding hydrogens is 240 g/mol. The zero-order valence-corrected chi connectivity index (χ0v) is 10.3. The Labute approximate surface area is 100 Å². The minimum absolute atomic E-state index is 0.126. The monoisotopic (exact) mass is 254 g/mol. The quantitative estimate of drug-likeness (QED) is 0.845. The van der Waals surface area contributed by atoms with Crippen LogP contribution in [0.3, 0.4) is 0 Å². The van der Waals surface area contributed by atoms with Gasteiger partial charge in [-0.3, -0.25) is 4.68 Å². The molecule has 2 atom stereocenters. The van der Waals surface area contributed by atoms with E-state index in [2.05, 4.69) is 15.9 Å². The largest absolute Gasteiger partial charge is 0.257 e. The van der Waals surface area contributed by atoms with Gasteiger partial charge in [0.1, 0.15) is 0 Å². The maximum atomic E-state index is 12.1. The average molecular weight is 254 g/mol. The molecule has 1 fully saturated rings. The molecule has 92 valence electrons. The van der Waals surface area contributed by atoms with Crippen LogP contribution in [-0.2, 0) is 17.1 Å². The molecule has 0 spiro atoms. The Balaban J connectivity index is 2.19. The molecule has 0 bridgehead atoms. The number of nitrogens with one attached hydrogen (secondary N) is 1. The van der Waals surface area contributed by atoms with Gasteiger partial charge in [0.2, 0.25) is 0 Å². The molecular formula is C10H14N4O2S. The summed E-state index contributed by atoms with van der Waals surface area (Å²) >= 11 is 0. The third kappa shape index (κ3) is 2.33. The summed E-state index contributed by atoms with van der Waals surface area (Å²) in [5.41, 5.74) is 0. The highest BCUT2D eigenvalue weighted by Gasteiger charge is 2.32. The lowest BCUT2D eigenvalue weighted by Crippen LogP contribution is -2.37. The second kappa shape index (κ2) is 4.47. The van der Waals surface area contributed by atoms with Gasteiger partial charge in [0, 0.05) is 13.1 Å². The lowest BCUT2D eigenvalue weighted by atomic mass is 10.1. The van der Waals surface area contributed by atoms with Gasteiger partial charge < -0.3 is 0 Å². The maximum Gasteiger partial charge on any atom is 0.257 e. The molecule has 2 rings (SSSR count). The van der Waals surface area contributed by atoms with Gasteiger partial charge in [-0.1, -0.05) is 6.42 Å². The second-order valence-corrected chi connectivity index (χ2v) is 5.85. The number of sulfonamides is 1. The highest BCUT2D eigenvalue weighted by Crippen LogP contribution is 2.26. The highest BCUT2D eigenvalue weighted by atomic mass is 32.2. The van der Waals surface area contributed by atoms with Crippen LogP contribution in [0.1, 0.15) is 19.3 Å². The van der Waals surface area contributed by atoms with Crippen LogP contribution in [0.2, 0.25) is 0 Å². The SMILES string of the molecule is Cn1nccc1S(=O)(=O)NC1CCCC1C#N. The normalized spacial score (nSPS) is 24.7. The molecule has 1 N–H and O–H groups in total. The molecule has 1 aromatic heterocycles. The van der Waals surface area contributed by atoms with Gasteiger partial charge >= 0.3 is 0 Å². The number of hydrogen-bond donors (Lipinski definition) is 1. The van der Waals surface area contributed by atoms with Crippen molar-refractivity contribution in [3.8, 4) is 6.07 Å². The van der Waals surface area contributed by atoms with E-state index in [4.69, 9.17) is 5.26 Å². The van der Waals surface area contributed by atoms with Crippen molar-refractivity contribution in [2.75, 3.05) is 0 Å². The van der Waals surface area contributed by atoms with E-state index in [0.29, 0.717) is 0 Å². The Morgan fingerprint density at radius 2 is 2.35 bits per heavy atom. The maximum absolute atomic E-state index is 12.1. The van der Waals surface area contributed by atoms with Crippen LogP contribution in [0.5, 0.6) is 0 Å². The average Bonchev–Trinajstić information content (AvgIpc) is 2.86. The van der Waals surface area contributed by atoms with Crippen molar-refractivity contribution in [3.63, 3.8) is 0 Å². The predicted octanol–water partition coefficient (Wildman–Crippen LogP) is 0.391. The second-order valence-electron chi connectivity index (χ2n) is 4.19.